The Balaban J connectivity index is 2.15. The highest BCUT2D eigenvalue weighted by Gasteiger charge is 1.94. The predicted molar refractivity (Wildman–Crippen MR) is 51.1 cm³/mol. The summed E-state index contributed by atoms with van der Waals surface area (Å²) in [7, 11) is 0. The number of anilines is 2. The minimum atomic E-state index is 0.716. The summed E-state index contributed by atoms with van der Waals surface area (Å²) in [5, 5.41) is 13.7. The van der Waals surface area contributed by atoms with Crippen molar-refractivity contribution in [3.63, 3.8) is 0 Å². The fourth-order valence-corrected chi connectivity index (χ4v) is 1.07. The summed E-state index contributed by atoms with van der Waals surface area (Å²) < 4.78 is 0. The Bertz CT molecular complexity index is 368. The van der Waals surface area contributed by atoms with E-state index in [2.05, 4.69) is 20.7 Å². The second-order valence-corrected chi connectivity index (χ2v) is 2.94. The first-order chi connectivity index (χ1) is 6.34. The van der Waals surface area contributed by atoms with Gasteiger partial charge in [-0.15, -0.1) is 5.10 Å². The molecule has 0 atom stereocenters. The SMILES string of the molecule is Clc1ccc(Nc2cnn[nH]2)cc1. The van der Waals surface area contributed by atoms with Gasteiger partial charge in [-0.05, 0) is 24.3 Å². The lowest BCUT2D eigenvalue weighted by Crippen LogP contribution is -1.89. The topological polar surface area (TPSA) is 53.6 Å². The van der Waals surface area contributed by atoms with Crippen molar-refractivity contribution in [1.82, 2.24) is 15.4 Å². The average molecular weight is 195 g/mol. The van der Waals surface area contributed by atoms with Crippen LogP contribution in [0.2, 0.25) is 5.02 Å². The predicted octanol–water partition coefficient (Wildman–Crippen LogP) is 2.20. The summed E-state index contributed by atoms with van der Waals surface area (Å²) in [6, 6.07) is 7.38. The number of aromatic nitrogens is 3. The largest absolute Gasteiger partial charge is 0.339 e. The standard InChI is InChI=1S/C8H7ClN4/c9-6-1-3-7(4-2-6)11-8-5-10-13-12-8/h1-5H,(H2,10,11,12,13). The molecule has 1 heterocycles. The van der Waals surface area contributed by atoms with Crippen LogP contribution in [0, 0.1) is 0 Å². The number of nitrogens with one attached hydrogen (secondary N) is 2. The summed E-state index contributed by atoms with van der Waals surface area (Å²) in [4.78, 5) is 0. The summed E-state index contributed by atoms with van der Waals surface area (Å²) in [6.45, 7) is 0. The van der Waals surface area contributed by atoms with Crippen molar-refractivity contribution in [3.8, 4) is 0 Å². The molecule has 0 radical (unpaired) electrons. The van der Waals surface area contributed by atoms with Gasteiger partial charge in [0.25, 0.3) is 0 Å². The van der Waals surface area contributed by atoms with Crippen molar-refractivity contribution in [2.24, 2.45) is 0 Å². The molecule has 2 aromatic rings. The second-order valence-electron chi connectivity index (χ2n) is 2.50. The zero-order chi connectivity index (χ0) is 9.10. The van der Waals surface area contributed by atoms with Crippen LogP contribution in [0.3, 0.4) is 0 Å². The molecular formula is C8H7ClN4. The molecule has 13 heavy (non-hydrogen) atoms. The zero-order valence-electron chi connectivity index (χ0n) is 6.66. The summed E-state index contributed by atoms with van der Waals surface area (Å²) in [5.74, 6) is 0.752. The molecule has 0 aliphatic carbocycles. The molecule has 4 nitrogen and oxygen atoms in total. The third-order valence-corrected chi connectivity index (χ3v) is 1.79. The van der Waals surface area contributed by atoms with Crippen LogP contribution in [0.1, 0.15) is 0 Å². The van der Waals surface area contributed by atoms with E-state index in [1.54, 1.807) is 6.20 Å². The normalized spacial score (nSPS) is 9.92. The van der Waals surface area contributed by atoms with Crippen LogP contribution in [0.15, 0.2) is 30.5 Å². The number of rotatable bonds is 2. The van der Waals surface area contributed by atoms with Gasteiger partial charge in [0.2, 0.25) is 0 Å². The maximum absolute atomic E-state index is 5.73. The van der Waals surface area contributed by atoms with Crippen molar-refractivity contribution in [2.45, 2.75) is 0 Å². The Labute approximate surface area is 79.9 Å². The highest BCUT2D eigenvalue weighted by atomic mass is 35.5. The Morgan fingerprint density at radius 1 is 1.23 bits per heavy atom. The molecule has 1 aromatic carbocycles. The van der Waals surface area contributed by atoms with Gasteiger partial charge in [-0.3, -0.25) is 0 Å². The lowest BCUT2D eigenvalue weighted by atomic mass is 10.3. The van der Waals surface area contributed by atoms with Crippen LogP contribution in [-0.4, -0.2) is 15.4 Å². The van der Waals surface area contributed by atoms with E-state index in [1.165, 1.54) is 0 Å². The van der Waals surface area contributed by atoms with Crippen LogP contribution >= 0.6 is 11.6 Å². The molecule has 0 aliphatic heterocycles. The van der Waals surface area contributed by atoms with Crippen molar-refractivity contribution in [1.29, 1.82) is 0 Å². The molecule has 5 heteroatoms. The first kappa shape index (κ1) is 8.07. The van der Waals surface area contributed by atoms with Gasteiger partial charge in [0.15, 0.2) is 0 Å². The van der Waals surface area contributed by atoms with E-state index >= 15 is 0 Å². The van der Waals surface area contributed by atoms with Crippen molar-refractivity contribution in [3.05, 3.63) is 35.5 Å². The lowest BCUT2D eigenvalue weighted by molar-refractivity contribution is 0.942. The van der Waals surface area contributed by atoms with E-state index in [0.29, 0.717) is 5.02 Å². The first-order valence-corrected chi connectivity index (χ1v) is 4.11. The molecular weight excluding hydrogens is 188 g/mol. The number of nitrogens with zero attached hydrogens (tertiary/aromatic N) is 2. The van der Waals surface area contributed by atoms with E-state index in [9.17, 15) is 0 Å². The minimum absolute atomic E-state index is 0.716. The number of benzene rings is 1. The molecule has 1 aromatic heterocycles. The van der Waals surface area contributed by atoms with E-state index in [-0.39, 0.29) is 0 Å². The van der Waals surface area contributed by atoms with Crippen molar-refractivity contribution in [2.75, 3.05) is 5.32 Å². The average Bonchev–Trinajstić information content (AvgIpc) is 2.62. The molecule has 2 rings (SSSR count). The number of hydrogen-bond donors (Lipinski definition) is 2. The van der Waals surface area contributed by atoms with Gasteiger partial charge in [0.1, 0.15) is 5.82 Å². The van der Waals surface area contributed by atoms with E-state index in [4.69, 9.17) is 11.6 Å². The molecule has 0 unspecified atom stereocenters. The Morgan fingerprint density at radius 2 is 2.00 bits per heavy atom. The fraction of sp³-hybridized carbons (Fsp3) is 0. The number of hydrogen-bond acceptors (Lipinski definition) is 3. The molecule has 0 amide bonds. The van der Waals surface area contributed by atoms with Crippen LogP contribution in [0.5, 0.6) is 0 Å². The first-order valence-electron chi connectivity index (χ1n) is 3.73. The Kier molecular flexibility index (Phi) is 2.14. The molecule has 0 saturated carbocycles. The monoisotopic (exact) mass is 194 g/mol. The number of halogens is 1. The summed E-state index contributed by atoms with van der Waals surface area (Å²) >= 11 is 5.73. The third-order valence-electron chi connectivity index (χ3n) is 1.54. The summed E-state index contributed by atoms with van der Waals surface area (Å²) in [6.07, 6.45) is 1.61. The quantitative estimate of drug-likeness (QED) is 0.771. The molecule has 0 fully saturated rings. The van der Waals surface area contributed by atoms with E-state index < -0.39 is 0 Å². The molecule has 0 saturated heterocycles. The van der Waals surface area contributed by atoms with Gasteiger partial charge in [-0.1, -0.05) is 16.8 Å². The van der Waals surface area contributed by atoms with Gasteiger partial charge in [-0.25, -0.2) is 5.10 Å². The molecule has 0 spiro atoms. The lowest BCUT2D eigenvalue weighted by Gasteiger charge is -2.01. The van der Waals surface area contributed by atoms with Gasteiger partial charge in [0.05, 0.1) is 6.20 Å². The fourth-order valence-electron chi connectivity index (χ4n) is 0.947. The van der Waals surface area contributed by atoms with Crippen LogP contribution < -0.4 is 5.32 Å². The summed E-state index contributed by atoms with van der Waals surface area (Å²) in [5.41, 5.74) is 0.940. The van der Waals surface area contributed by atoms with Gasteiger partial charge in [0, 0.05) is 10.7 Å². The number of aromatic amines is 1. The molecule has 2 N–H and O–H groups in total. The van der Waals surface area contributed by atoms with Crippen LogP contribution in [0.25, 0.3) is 0 Å². The van der Waals surface area contributed by atoms with E-state index in [1.807, 2.05) is 24.3 Å². The van der Waals surface area contributed by atoms with Crippen molar-refractivity contribution >= 4 is 23.1 Å². The third kappa shape index (κ3) is 1.97. The van der Waals surface area contributed by atoms with Gasteiger partial charge < -0.3 is 5.32 Å². The Morgan fingerprint density at radius 3 is 2.62 bits per heavy atom. The van der Waals surface area contributed by atoms with Crippen LogP contribution in [0.4, 0.5) is 11.5 Å². The van der Waals surface area contributed by atoms with Crippen molar-refractivity contribution < 1.29 is 0 Å². The highest BCUT2D eigenvalue weighted by molar-refractivity contribution is 6.30. The highest BCUT2D eigenvalue weighted by Crippen LogP contribution is 2.16. The van der Waals surface area contributed by atoms with Gasteiger partial charge in [-0.2, -0.15) is 0 Å². The minimum Gasteiger partial charge on any atom is -0.339 e. The maximum atomic E-state index is 5.73. The molecule has 66 valence electrons. The number of H-pyrrole nitrogens is 1. The second kappa shape index (κ2) is 3.45. The zero-order valence-corrected chi connectivity index (χ0v) is 7.42. The molecule has 0 bridgehead atoms. The van der Waals surface area contributed by atoms with E-state index in [0.717, 1.165) is 11.5 Å². The molecule has 0 aliphatic rings. The maximum Gasteiger partial charge on any atom is 0.146 e. The van der Waals surface area contributed by atoms with Crippen LogP contribution in [-0.2, 0) is 0 Å². The van der Waals surface area contributed by atoms with Gasteiger partial charge >= 0.3 is 0 Å². The Hall–Kier alpha value is -1.55. The smallest absolute Gasteiger partial charge is 0.146 e.